The molecule has 0 aromatic heterocycles. The molecule has 0 aliphatic rings. The summed E-state index contributed by atoms with van der Waals surface area (Å²) in [4.78, 5) is 11.6. The van der Waals surface area contributed by atoms with E-state index < -0.39 is 0 Å². The van der Waals surface area contributed by atoms with Crippen molar-refractivity contribution in [2.75, 3.05) is 7.11 Å². The van der Waals surface area contributed by atoms with Crippen molar-refractivity contribution in [2.45, 2.75) is 0 Å². The zero-order valence-electron chi connectivity index (χ0n) is 8.16. The summed E-state index contributed by atoms with van der Waals surface area (Å²) in [5, 5.41) is 1.99. The van der Waals surface area contributed by atoms with Gasteiger partial charge < -0.3 is 4.74 Å². The van der Waals surface area contributed by atoms with E-state index >= 15 is 0 Å². The van der Waals surface area contributed by atoms with Gasteiger partial charge in [0.05, 0.1) is 12.7 Å². The number of hydrogen-bond acceptors (Lipinski definition) is 2. The molecule has 3 heteroatoms. The van der Waals surface area contributed by atoms with Crippen molar-refractivity contribution in [2.24, 2.45) is 0 Å². The van der Waals surface area contributed by atoms with Gasteiger partial charge in [-0.15, -0.1) is 0 Å². The van der Waals surface area contributed by atoms with Gasteiger partial charge in [0.15, 0.2) is 0 Å². The van der Waals surface area contributed by atoms with Crippen molar-refractivity contribution >= 4 is 39.3 Å². The third-order valence-corrected chi connectivity index (χ3v) is 3.17. The largest absolute Gasteiger partial charge is 0.465 e. The molecule has 0 bridgehead atoms. The van der Waals surface area contributed by atoms with Gasteiger partial charge in [0.25, 0.3) is 0 Å². The SMILES string of the molecule is COC(=O)c1c(I)ccc2ccccc12. The molecule has 76 valence electrons. The lowest BCUT2D eigenvalue weighted by atomic mass is 10.1. The highest BCUT2D eigenvalue weighted by molar-refractivity contribution is 14.1. The predicted octanol–water partition coefficient (Wildman–Crippen LogP) is 3.23. The molecular weight excluding hydrogens is 303 g/mol. The molecule has 0 saturated carbocycles. The first-order chi connectivity index (χ1) is 7.24. The van der Waals surface area contributed by atoms with Crippen LogP contribution in [0.5, 0.6) is 0 Å². The molecule has 2 aromatic carbocycles. The number of carbonyl (C=O) groups is 1. The first kappa shape index (κ1) is 10.4. The first-order valence-corrected chi connectivity index (χ1v) is 5.57. The van der Waals surface area contributed by atoms with E-state index in [1.807, 2.05) is 36.4 Å². The number of fused-ring (bicyclic) bond motifs is 1. The molecule has 2 nitrogen and oxygen atoms in total. The summed E-state index contributed by atoms with van der Waals surface area (Å²) in [6.45, 7) is 0. The Morgan fingerprint density at radius 2 is 1.93 bits per heavy atom. The third kappa shape index (κ3) is 1.84. The summed E-state index contributed by atoms with van der Waals surface area (Å²) in [7, 11) is 1.40. The highest BCUT2D eigenvalue weighted by Gasteiger charge is 2.13. The molecule has 0 spiro atoms. The van der Waals surface area contributed by atoms with Crippen LogP contribution in [0.3, 0.4) is 0 Å². The Balaban J connectivity index is 2.79. The van der Waals surface area contributed by atoms with Crippen LogP contribution in [0.2, 0.25) is 0 Å². The van der Waals surface area contributed by atoms with Gasteiger partial charge in [0.2, 0.25) is 0 Å². The lowest BCUT2D eigenvalue weighted by molar-refractivity contribution is 0.0602. The molecule has 0 aliphatic heterocycles. The second-order valence-corrected chi connectivity index (χ2v) is 4.30. The van der Waals surface area contributed by atoms with Gasteiger partial charge in [-0.05, 0) is 39.4 Å². The van der Waals surface area contributed by atoms with E-state index in [0.717, 1.165) is 14.3 Å². The quantitative estimate of drug-likeness (QED) is 0.597. The summed E-state index contributed by atoms with van der Waals surface area (Å²) in [6.07, 6.45) is 0. The summed E-state index contributed by atoms with van der Waals surface area (Å²) in [5.74, 6) is -0.281. The Bertz CT molecular complexity index is 520. The van der Waals surface area contributed by atoms with E-state index in [4.69, 9.17) is 4.74 Å². The number of carbonyl (C=O) groups excluding carboxylic acids is 1. The fourth-order valence-electron chi connectivity index (χ4n) is 1.55. The van der Waals surface area contributed by atoms with Crippen molar-refractivity contribution in [3.8, 4) is 0 Å². The fraction of sp³-hybridized carbons (Fsp3) is 0.0833. The Morgan fingerprint density at radius 1 is 1.20 bits per heavy atom. The zero-order chi connectivity index (χ0) is 10.8. The van der Waals surface area contributed by atoms with Crippen LogP contribution in [-0.2, 0) is 4.74 Å². The Morgan fingerprint density at radius 3 is 2.67 bits per heavy atom. The van der Waals surface area contributed by atoms with E-state index in [2.05, 4.69) is 22.6 Å². The minimum absolute atomic E-state index is 0.281. The van der Waals surface area contributed by atoms with Crippen LogP contribution >= 0.6 is 22.6 Å². The van der Waals surface area contributed by atoms with E-state index in [0.29, 0.717) is 5.56 Å². The number of halogens is 1. The molecule has 2 rings (SSSR count). The lowest BCUT2D eigenvalue weighted by Crippen LogP contribution is -2.04. The van der Waals surface area contributed by atoms with E-state index in [9.17, 15) is 4.79 Å². The van der Waals surface area contributed by atoms with E-state index in [1.165, 1.54) is 7.11 Å². The van der Waals surface area contributed by atoms with Crippen molar-refractivity contribution in [1.29, 1.82) is 0 Å². The highest BCUT2D eigenvalue weighted by atomic mass is 127. The minimum Gasteiger partial charge on any atom is -0.465 e. The standard InChI is InChI=1S/C12H9IO2/c1-15-12(14)11-9-5-3-2-4-8(9)6-7-10(11)13/h2-7H,1H3. The molecule has 0 saturated heterocycles. The summed E-state index contributed by atoms with van der Waals surface area (Å²) in [5.41, 5.74) is 0.649. The summed E-state index contributed by atoms with van der Waals surface area (Å²) in [6, 6.07) is 11.7. The van der Waals surface area contributed by atoms with E-state index in [1.54, 1.807) is 0 Å². The number of hydrogen-bond donors (Lipinski definition) is 0. The van der Waals surface area contributed by atoms with Crippen LogP contribution in [0.25, 0.3) is 10.8 Å². The van der Waals surface area contributed by atoms with Gasteiger partial charge in [-0.1, -0.05) is 30.3 Å². The molecule has 0 unspecified atom stereocenters. The Labute approximate surface area is 101 Å². The Hall–Kier alpha value is -1.10. The summed E-state index contributed by atoms with van der Waals surface area (Å²) >= 11 is 2.15. The van der Waals surface area contributed by atoms with Crippen LogP contribution in [0.4, 0.5) is 0 Å². The molecule has 0 radical (unpaired) electrons. The lowest BCUT2D eigenvalue weighted by Gasteiger charge is -2.06. The van der Waals surface area contributed by atoms with Crippen molar-refractivity contribution in [1.82, 2.24) is 0 Å². The van der Waals surface area contributed by atoms with Crippen molar-refractivity contribution < 1.29 is 9.53 Å². The first-order valence-electron chi connectivity index (χ1n) is 4.49. The van der Waals surface area contributed by atoms with Gasteiger partial charge >= 0.3 is 5.97 Å². The van der Waals surface area contributed by atoms with Gasteiger partial charge in [-0.2, -0.15) is 0 Å². The maximum absolute atomic E-state index is 11.6. The minimum atomic E-state index is -0.281. The van der Waals surface area contributed by atoms with Crippen LogP contribution in [-0.4, -0.2) is 13.1 Å². The highest BCUT2D eigenvalue weighted by Crippen LogP contribution is 2.24. The maximum Gasteiger partial charge on any atom is 0.339 e. The average molecular weight is 312 g/mol. The molecule has 0 heterocycles. The fourth-order valence-corrected chi connectivity index (χ4v) is 2.24. The molecule has 0 aliphatic carbocycles. The van der Waals surface area contributed by atoms with Crippen LogP contribution in [0.15, 0.2) is 36.4 Å². The van der Waals surface area contributed by atoms with Gasteiger partial charge in [-0.3, -0.25) is 0 Å². The Kier molecular flexibility index (Phi) is 2.90. The zero-order valence-corrected chi connectivity index (χ0v) is 10.3. The topological polar surface area (TPSA) is 26.3 Å². The summed E-state index contributed by atoms with van der Waals surface area (Å²) < 4.78 is 5.70. The molecule has 2 aromatic rings. The molecule has 15 heavy (non-hydrogen) atoms. The smallest absolute Gasteiger partial charge is 0.339 e. The number of benzene rings is 2. The van der Waals surface area contributed by atoms with Gasteiger partial charge in [-0.25, -0.2) is 4.79 Å². The van der Waals surface area contributed by atoms with Gasteiger partial charge in [0.1, 0.15) is 0 Å². The second kappa shape index (κ2) is 4.18. The van der Waals surface area contributed by atoms with Gasteiger partial charge in [0, 0.05) is 3.57 Å². The van der Waals surface area contributed by atoms with Crippen LogP contribution in [0.1, 0.15) is 10.4 Å². The van der Waals surface area contributed by atoms with E-state index in [-0.39, 0.29) is 5.97 Å². The molecule has 0 fully saturated rings. The van der Waals surface area contributed by atoms with Crippen molar-refractivity contribution in [3.63, 3.8) is 0 Å². The predicted molar refractivity (Wildman–Crippen MR) is 68.0 cm³/mol. The molecular formula is C12H9IO2. The van der Waals surface area contributed by atoms with Crippen LogP contribution in [0, 0.1) is 3.57 Å². The monoisotopic (exact) mass is 312 g/mol. The number of rotatable bonds is 1. The second-order valence-electron chi connectivity index (χ2n) is 3.14. The number of esters is 1. The number of ether oxygens (including phenoxy) is 1. The average Bonchev–Trinajstić information content (AvgIpc) is 2.28. The van der Waals surface area contributed by atoms with Crippen LogP contribution < -0.4 is 0 Å². The molecule has 0 amide bonds. The third-order valence-electron chi connectivity index (χ3n) is 2.27. The maximum atomic E-state index is 11.6. The molecule has 0 N–H and O–H groups in total. The number of methoxy groups -OCH3 is 1. The normalized spacial score (nSPS) is 10.3. The molecule has 0 atom stereocenters. The van der Waals surface area contributed by atoms with Crippen molar-refractivity contribution in [3.05, 3.63) is 45.5 Å².